The molecule has 29 heavy (non-hydrogen) atoms. The van der Waals surface area contributed by atoms with Crippen LogP contribution < -0.4 is 9.64 Å². The van der Waals surface area contributed by atoms with Gasteiger partial charge in [-0.05, 0) is 49.7 Å². The number of carbonyl (C=O) groups is 1. The van der Waals surface area contributed by atoms with Crippen LogP contribution in [0.2, 0.25) is 0 Å². The predicted octanol–water partition coefficient (Wildman–Crippen LogP) is 2.83. The number of unbranched alkanes of at least 4 members (excludes halogenated alkanes) is 1. The Balaban J connectivity index is 1.16. The molecule has 1 aromatic carbocycles. The fourth-order valence-corrected chi connectivity index (χ4v) is 3.68. The number of benzene rings is 1. The van der Waals surface area contributed by atoms with Gasteiger partial charge in [-0.15, -0.1) is 0 Å². The second-order valence-electron chi connectivity index (χ2n) is 7.31. The van der Waals surface area contributed by atoms with E-state index in [1.165, 1.54) is 5.69 Å². The summed E-state index contributed by atoms with van der Waals surface area (Å²) in [5.41, 5.74) is 2.51. The number of hydrogen-bond donors (Lipinski definition) is 1. The Hall–Kier alpha value is -3.06. The van der Waals surface area contributed by atoms with E-state index in [1.54, 1.807) is 22.8 Å². The van der Waals surface area contributed by atoms with Gasteiger partial charge in [0.25, 0.3) is 0 Å². The van der Waals surface area contributed by atoms with E-state index in [-0.39, 0.29) is 0 Å². The van der Waals surface area contributed by atoms with Crippen molar-refractivity contribution >= 4 is 17.5 Å². The Morgan fingerprint density at radius 2 is 1.86 bits per heavy atom. The summed E-state index contributed by atoms with van der Waals surface area (Å²) in [4.78, 5) is 15.9. The van der Waals surface area contributed by atoms with Crippen LogP contribution in [0.4, 0.5) is 5.69 Å². The maximum atomic E-state index is 11.0. The lowest BCUT2D eigenvalue weighted by molar-refractivity contribution is 0.112. The van der Waals surface area contributed by atoms with Gasteiger partial charge in [-0.3, -0.25) is 9.69 Å². The fourth-order valence-electron chi connectivity index (χ4n) is 3.68. The number of carbonyl (C=O) groups excluding carboxylic acids is 1. The largest absolute Gasteiger partial charge is 0.508 e. The molecule has 1 aliphatic rings. The minimum Gasteiger partial charge on any atom is -0.508 e. The van der Waals surface area contributed by atoms with Crippen LogP contribution in [0.1, 0.15) is 23.2 Å². The number of pyridine rings is 1. The summed E-state index contributed by atoms with van der Waals surface area (Å²) in [7, 11) is 0. The number of nitrogens with zero attached hydrogens (tertiary/aromatic N) is 4. The summed E-state index contributed by atoms with van der Waals surface area (Å²) in [6.45, 7) is 5.84. The molecule has 0 bridgehead atoms. The van der Waals surface area contributed by atoms with E-state index in [0.29, 0.717) is 17.9 Å². The monoisotopic (exact) mass is 394 g/mol. The second kappa shape index (κ2) is 8.96. The van der Waals surface area contributed by atoms with Crippen molar-refractivity contribution in [2.75, 3.05) is 44.2 Å². The number of piperazine rings is 1. The number of anilines is 1. The molecule has 7 nitrogen and oxygen atoms in total. The van der Waals surface area contributed by atoms with E-state index in [2.05, 4.69) is 14.9 Å². The summed E-state index contributed by atoms with van der Waals surface area (Å²) < 4.78 is 7.53. The number of hydrogen-bond acceptors (Lipinski definition) is 6. The van der Waals surface area contributed by atoms with Gasteiger partial charge in [0.1, 0.15) is 11.5 Å². The van der Waals surface area contributed by atoms with Crippen molar-refractivity contribution in [3.05, 3.63) is 54.4 Å². The van der Waals surface area contributed by atoms with Gasteiger partial charge in [0.05, 0.1) is 23.9 Å². The maximum Gasteiger partial charge on any atom is 0.153 e. The molecule has 152 valence electrons. The first-order chi connectivity index (χ1) is 14.2. The third-order valence-electron chi connectivity index (χ3n) is 5.37. The number of phenols is 1. The van der Waals surface area contributed by atoms with Crippen molar-refractivity contribution in [2.45, 2.75) is 12.8 Å². The zero-order valence-corrected chi connectivity index (χ0v) is 16.4. The first-order valence-corrected chi connectivity index (χ1v) is 10.0. The highest BCUT2D eigenvalue weighted by Crippen LogP contribution is 2.20. The van der Waals surface area contributed by atoms with Crippen LogP contribution in [0.15, 0.2) is 48.8 Å². The number of aromatic nitrogens is 2. The lowest BCUT2D eigenvalue weighted by Gasteiger charge is -2.36. The molecule has 7 heteroatoms. The average molecular weight is 394 g/mol. The Kier molecular flexibility index (Phi) is 5.95. The number of aromatic hydroxyl groups is 1. The molecule has 1 aliphatic heterocycles. The molecular weight excluding hydrogens is 368 g/mol. The number of fused-ring (bicyclic) bond motifs is 1. The minimum absolute atomic E-state index is 0.309. The Bertz CT molecular complexity index is 946. The van der Waals surface area contributed by atoms with Crippen LogP contribution in [0.5, 0.6) is 11.5 Å². The van der Waals surface area contributed by atoms with Crippen molar-refractivity contribution in [3.8, 4) is 11.5 Å². The lowest BCUT2D eigenvalue weighted by Crippen LogP contribution is -2.46. The summed E-state index contributed by atoms with van der Waals surface area (Å²) in [6, 6.07) is 11.2. The lowest BCUT2D eigenvalue weighted by atomic mass is 10.2. The third kappa shape index (κ3) is 4.68. The highest BCUT2D eigenvalue weighted by Gasteiger charge is 2.16. The number of aldehydes is 1. The van der Waals surface area contributed by atoms with Gasteiger partial charge in [-0.1, -0.05) is 0 Å². The van der Waals surface area contributed by atoms with Crippen molar-refractivity contribution in [1.29, 1.82) is 0 Å². The molecular formula is C22H26N4O3. The van der Waals surface area contributed by atoms with Gasteiger partial charge in [-0.25, -0.2) is 4.52 Å². The van der Waals surface area contributed by atoms with E-state index in [9.17, 15) is 9.90 Å². The van der Waals surface area contributed by atoms with Crippen LogP contribution in [-0.2, 0) is 0 Å². The van der Waals surface area contributed by atoms with Crippen LogP contribution in [0, 0.1) is 0 Å². The van der Waals surface area contributed by atoms with Crippen molar-refractivity contribution < 1.29 is 14.6 Å². The minimum atomic E-state index is 0.309. The van der Waals surface area contributed by atoms with Crippen LogP contribution >= 0.6 is 0 Å². The molecule has 2 aromatic heterocycles. The van der Waals surface area contributed by atoms with Crippen molar-refractivity contribution in [1.82, 2.24) is 14.5 Å². The zero-order chi connectivity index (χ0) is 20.1. The average Bonchev–Trinajstić information content (AvgIpc) is 3.17. The van der Waals surface area contributed by atoms with E-state index in [1.807, 2.05) is 30.5 Å². The summed E-state index contributed by atoms with van der Waals surface area (Å²) in [6.07, 6.45) is 6.27. The Labute approximate surface area is 170 Å². The quantitative estimate of drug-likeness (QED) is 0.468. The highest BCUT2D eigenvalue weighted by molar-refractivity contribution is 5.85. The van der Waals surface area contributed by atoms with Gasteiger partial charge in [0.15, 0.2) is 6.29 Å². The third-order valence-corrected chi connectivity index (χ3v) is 5.37. The fraction of sp³-hybridized carbons (Fsp3) is 0.364. The number of phenolic OH excluding ortho intramolecular Hbond substituents is 1. The molecule has 1 saturated heterocycles. The molecule has 0 aliphatic carbocycles. The normalized spacial score (nSPS) is 15.0. The summed E-state index contributed by atoms with van der Waals surface area (Å²) >= 11 is 0. The van der Waals surface area contributed by atoms with Crippen molar-refractivity contribution in [3.63, 3.8) is 0 Å². The topological polar surface area (TPSA) is 70.3 Å². The SMILES string of the molecule is O=Cc1cnn2ccc(OCCCCN3CCN(c4ccc(O)cc4)CC3)cc12. The standard InChI is InChI=1S/C22H26N4O3/c27-17-18-16-23-26-9-7-21(15-22(18)26)29-14-2-1-8-24-10-12-25(13-11-24)19-3-5-20(28)6-4-19/h3-7,9,15-17,28H,1-2,8,10-14H2. The van der Waals surface area contributed by atoms with Crippen molar-refractivity contribution in [2.24, 2.45) is 0 Å². The van der Waals surface area contributed by atoms with Crippen LogP contribution in [-0.4, -0.2) is 65.2 Å². The van der Waals surface area contributed by atoms with Gasteiger partial charge >= 0.3 is 0 Å². The first-order valence-electron chi connectivity index (χ1n) is 10.0. The molecule has 3 heterocycles. The molecule has 0 unspecified atom stereocenters. The molecule has 0 atom stereocenters. The smallest absolute Gasteiger partial charge is 0.153 e. The Morgan fingerprint density at radius 1 is 1.07 bits per heavy atom. The van der Waals surface area contributed by atoms with E-state index < -0.39 is 0 Å². The molecule has 0 amide bonds. The molecule has 3 aromatic rings. The van der Waals surface area contributed by atoms with E-state index in [0.717, 1.165) is 63.1 Å². The van der Waals surface area contributed by atoms with Crippen LogP contribution in [0.3, 0.4) is 0 Å². The van der Waals surface area contributed by atoms with E-state index >= 15 is 0 Å². The predicted molar refractivity (Wildman–Crippen MR) is 112 cm³/mol. The van der Waals surface area contributed by atoms with Crippen LogP contribution in [0.25, 0.3) is 5.52 Å². The second-order valence-corrected chi connectivity index (χ2v) is 7.31. The van der Waals surface area contributed by atoms with E-state index in [4.69, 9.17) is 4.74 Å². The summed E-state index contributed by atoms with van der Waals surface area (Å²) in [5, 5.41) is 13.5. The Morgan fingerprint density at radius 3 is 2.62 bits per heavy atom. The maximum absolute atomic E-state index is 11.0. The molecule has 1 N–H and O–H groups in total. The van der Waals surface area contributed by atoms with Gasteiger partial charge in [0, 0.05) is 44.1 Å². The molecule has 0 saturated carbocycles. The molecule has 0 radical (unpaired) electrons. The molecule has 0 spiro atoms. The first kappa shape index (κ1) is 19.3. The summed E-state index contributed by atoms with van der Waals surface area (Å²) in [5.74, 6) is 1.08. The number of ether oxygens (including phenoxy) is 1. The van der Waals surface area contributed by atoms with Gasteiger partial charge in [0.2, 0.25) is 0 Å². The van der Waals surface area contributed by atoms with Gasteiger partial charge in [-0.2, -0.15) is 5.10 Å². The van der Waals surface area contributed by atoms with Gasteiger partial charge < -0.3 is 14.7 Å². The number of rotatable bonds is 8. The molecule has 1 fully saturated rings. The molecule has 4 rings (SSSR count). The zero-order valence-electron chi connectivity index (χ0n) is 16.4. The highest BCUT2D eigenvalue weighted by atomic mass is 16.5.